The van der Waals surface area contributed by atoms with Gasteiger partial charge in [0.1, 0.15) is 0 Å². The molecule has 0 spiro atoms. The lowest BCUT2D eigenvalue weighted by Crippen LogP contribution is -2.49. The fourth-order valence-corrected chi connectivity index (χ4v) is 3.03. The number of hydrogen-bond donors (Lipinski definition) is 2. The Balaban J connectivity index is 1.59. The molecule has 5 heteroatoms. The third-order valence-electron chi connectivity index (χ3n) is 4.88. The zero-order valence-electron chi connectivity index (χ0n) is 16.0. The molecule has 1 aromatic rings. The van der Waals surface area contributed by atoms with Crippen molar-refractivity contribution in [2.24, 2.45) is 11.1 Å². The number of carbonyl (C=O) groups is 1. The molecule has 1 aliphatic heterocycles. The van der Waals surface area contributed by atoms with Crippen LogP contribution in [0.3, 0.4) is 0 Å². The molecular formula is C20H34N4O. The molecule has 0 aliphatic carbocycles. The van der Waals surface area contributed by atoms with Crippen molar-refractivity contribution in [2.75, 3.05) is 39.3 Å². The molecule has 1 aliphatic rings. The molecule has 1 amide bonds. The molecular weight excluding hydrogens is 312 g/mol. The molecule has 0 saturated carbocycles. The lowest BCUT2D eigenvalue weighted by atomic mass is 9.87. The molecule has 0 bridgehead atoms. The van der Waals surface area contributed by atoms with E-state index in [2.05, 4.69) is 45.4 Å². The Morgan fingerprint density at radius 2 is 1.72 bits per heavy atom. The van der Waals surface area contributed by atoms with Gasteiger partial charge in [-0.15, -0.1) is 0 Å². The van der Waals surface area contributed by atoms with Gasteiger partial charge in [0.15, 0.2) is 0 Å². The van der Waals surface area contributed by atoms with E-state index in [1.54, 1.807) is 0 Å². The first kappa shape index (κ1) is 19.9. The van der Waals surface area contributed by atoms with E-state index in [0.29, 0.717) is 6.54 Å². The summed E-state index contributed by atoms with van der Waals surface area (Å²) in [7, 11) is 0. The maximum absolute atomic E-state index is 12.0. The van der Waals surface area contributed by atoms with Gasteiger partial charge in [-0.05, 0) is 23.9 Å². The smallest absolute Gasteiger partial charge is 0.237 e. The fourth-order valence-electron chi connectivity index (χ4n) is 3.03. The summed E-state index contributed by atoms with van der Waals surface area (Å²) in [5, 5.41) is 2.97. The molecule has 3 N–H and O–H groups in total. The summed E-state index contributed by atoms with van der Waals surface area (Å²) in [6, 6.07) is 10.2. The van der Waals surface area contributed by atoms with E-state index < -0.39 is 6.04 Å². The van der Waals surface area contributed by atoms with Gasteiger partial charge < -0.3 is 16.0 Å². The molecule has 25 heavy (non-hydrogen) atoms. The lowest BCUT2D eigenvalue weighted by Gasteiger charge is -2.34. The van der Waals surface area contributed by atoms with Gasteiger partial charge >= 0.3 is 0 Å². The number of hydrogen-bond acceptors (Lipinski definition) is 4. The van der Waals surface area contributed by atoms with Gasteiger partial charge in [-0.25, -0.2) is 0 Å². The zero-order chi connectivity index (χ0) is 18.3. The van der Waals surface area contributed by atoms with Crippen molar-refractivity contribution < 1.29 is 4.79 Å². The molecule has 0 aromatic heterocycles. The molecule has 1 aromatic carbocycles. The van der Waals surface area contributed by atoms with Crippen LogP contribution in [0.1, 0.15) is 32.8 Å². The Labute approximate surface area is 152 Å². The largest absolute Gasteiger partial charge is 0.355 e. The van der Waals surface area contributed by atoms with Crippen LogP contribution < -0.4 is 11.1 Å². The third-order valence-corrected chi connectivity index (χ3v) is 4.88. The average molecular weight is 347 g/mol. The van der Waals surface area contributed by atoms with E-state index in [4.69, 9.17) is 5.73 Å². The number of piperazine rings is 1. The quantitative estimate of drug-likeness (QED) is 0.738. The zero-order valence-corrected chi connectivity index (χ0v) is 16.0. The summed E-state index contributed by atoms with van der Waals surface area (Å²) < 4.78 is 0. The topological polar surface area (TPSA) is 61.6 Å². The van der Waals surface area contributed by atoms with E-state index in [1.807, 2.05) is 20.8 Å². The van der Waals surface area contributed by atoms with Crippen molar-refractivity contribution in [2.45, 2.75) is 39.8 Å². The molecule has 0 unspecified atom stereocenters. The number of benzene rings is 1. The van der Waals surface area contributed by atoms with Crippen molar-refractivity contribution in [3.63, 3.8) is 0 Å². The van der Waals surface area contributed by atoms with Crippen LogP contribution >= 0.6 is 0 Å². The van der Waals surface area contributed by atoms with Crippen molar-refractivity contribution in [1.82, 2.24) is 15.1 Å². The van der Waals surface area contributed by atoms with Crippen molar-refractivity contribution in [3.05, 3.63) is 35.9 Å². The Kier molecular flexibility index (Phi) is 7.41. The molecule has 2 rings (SSSR count). The normalized spacial score (nSPS) is 18.1. The summed E-state index contributed by atoms with van der Waals surface area (Å²) in [6.45, 7) is 13.2. The molecule has 1 saturated heterocycles. The summed E-state index contributed by atoms with van der Waals surface area (Å²) in [5.41, 5.74) is 7.16. The Hall–Kier alpha value is -1.43. The van der Waals surface area contributed by atoms with E-state index in [-0.39, 0.29) is 11.3 Å². The minimum Gasteiger partial charge on any atom is -0.355 e. The van der Waals surface area contributed by atoms with Crippen molar-refractivity contribution >= 4 is 5.91 Å². The van der Waals surface area contributed by atoms with E-state index in [9.17, 15) is 4.79 Å². The highest BCUT2D eigenvalue weighted by molar-refractivity contribution is 5.82. The van der Waals surface area contributed by atoms with E-state index in [1.165, 1.54) is 5.56 Å². The summed E-state index contributed by atoms with van der Waals surface area (Å²) in [6.07, 6.45) is 0.974. The van der Waals surface area contributed by atoms with Crippen LogP contribution in [-0.4, -0.2) is 61.0 Å². The second kappa shape index (κ2) is 9.32. The molecule has 1 fully saturated rings. The average Bonchev–Trinajstić information content (AvgIpc) is 2.59. The van der Waals surface area contributed by atoms with Gasteiger partial charge in [-0.2, -0.15) is 0 Å². The van der Waals surface area contributed by atoms with Gasteiger partial charge in [0.2, 0.25) is 5.91 Å². The number of rotatable bonds is 7. The van der Waals surface area contributed by atoms with Crippen LogP contribution in [0, 0.1) is 5.41 Å². The highest BCUT2D eigenvalue weighted by Crippen LogP contribution is 2.17. The van der Waals surface area contributed by atoms with E-state index >= 15 is 0 Å². The Bertz CT molecular complexity index is 518. The minimum absolute atomic E-state index is 0.0415. The van der Waals surface area contributed by atoms with Crippen LogP contribution in [0.25, 0.3) is 0 Å². The number of nitrogens with two attached hydrogens (primary N) is 1. The summed E-state index contributed by atoms with van der Waals surface area (Å²) >= 11 is 0. The van der Waals surface area contributed by atoms with Crippen LogP contribution in [0.5, 0.6) is 0 Å². The van der Waals surface area contributed by atoms with Gasteiger partial charge in [-0.3, -0.25) is 9.69 Å². The number of amides is 1. The summed E-state index contributed by atoms with van der Waals surface area (Å²) in [4.78, 5) is 17.0. The second-order valence-electron chi connectivity index (χ2n) is 8.09. The Morgan fingerprint density at radius 1 is 1.12 bits per heavy atom. The van der Waals surface area contributed by atoms with Gasteiger partial charge in [0, 0.05) is 39.3 Å². The summed E-state index contributed by atoms with van der Waals surface area (Å²) in [5.74, 6) is -0.0415. The fraction of sp³-hybridized carbons (Fsp3) is 0.650. The number of carbonyl (C=O) groups excluding carboxylic acids is 1. The van der Waals surface area contributed by atoms with Crippen LogP contribution in [0.2, 0.25) is 0 Å². The van der Waals surface area contributed by atoms with Crippen molar-refractivity contribution in [1.29, 1.82) is 0 Å². The predicted octanol–water partition coefficient (Wildman–Crippen LogP) is 1.68. The van der Waals surface area contributed by atoms with Crippen LogP contribution in [0.15, 0.2) is 30.3 Å². The maximum atomic E-state index is 12.0. The van der Waals surface area contributed by atoms with Gasteiger partial charge in [0.25, 0.3) is 0 Å². The van der Waals surface area contributed by atoms with Gasteiger partial charge in [-0.1, -0.05) is 51.1 Å². The highest BCUT2D eigenvalue weighted by Gasteiger charge is 2.27. The SMILES string of the molecule is CC(C)(C)[C@H](N)C(=O)NCCCN1CCN(Cc2ccccc2)CC1. The number of nitrogens with one attached hydrogen (secondary N) is 1. The van der Waals surface area contributed by atoms with Gasteiger partial charge in [0.05, 0.1) is 6.04 Å². The van der Waals surface area contributed by atoms with Crippen LogP contribution in [-0.2, 0) is 11.3 Å². The molecule has 5 nitrogen and oxygen atoms in total. The highest BCUT2D eigenvalue weighted by atomic mass is 16.2. The standard InChI is InChI=1S/C20H34N4O/c1-20(2,3)18(21)19(25)22-10-7-11-23-12-14-24(15-13-23)16-17-8-5-4-6-9-17/h4-6,8-9,18H,7,10-16,21H2,1-3H3,(H,22,25)/t18-/m1/s1. The van der Waals surface area contributed by atoms with Crippen molar-refractivity contribution in [3.8, 4) is 0 Å². The molecule has 1 heterocycles. The third kappa shape index (κ3) is 6.77. The first-order valence-corrected chi connectivity index (χ1v) is 9.38. The first-order valence-electron chi connectivity index (χ1n) is 9.38. The predicted molar refractivity (Wildman–Crippen MR) is 103 cm³/mol. The first-order chi connectivity index (χ1) is 11.9. The second-order valence-corrected chi connectivity index (χ2v) is 8.09. The lowest BCUT2D eigenvalue weighted by molar-refractivity contribution is -0.124. The monoisotopic (exact) mass is 346 g/mol. The molecule has 1 atom stereocenters. The minimum atomic E-state index is -0.450. The maximum Gasteiger partial charge on any atom is 0.237 e. The molecule has 0 radical (unpaired) electrons. The van der Waals surface area contributed by atoms with Crippen LogP contribution in [0.4, 0.5) is 0 Å². The Morgan fingerprint density at radius 3 is 2.32 bits per heavy atom. The van der Waals surface area contributed by atoms with E-state index in [0.717, 1.165) is 45.7 Å². The molecule has 140 valence electrons. The number of nitrogens with zero attached hydrogens (tertiary/aromatic N) is 2.